The van der Waals surface area contributed by atoms with Gasteiger partial charge in [-0.25, -0.2) is 8.42 Å². The van der Waals surface area contributed by atoms with Crippen LogP contribution in [0, 0.1) is 0 Å². The van der Waals surface area contributed by atoms with Crippen molar-refractivity contribution in [2.24, 2.45) is 0 Å². The van der Waals surface area contributed by atoms with Crippen molar-refractivity contribution >= 4 is 21.4 Å². The van der Waals surface area contributed by atoms with Crippen molar-refractivity contribution in [2.45, 2.75) is 38.8 Å². The van der Waals surface area contributed by atoms with Gasteiger partial charge < -0.3 is 5.32 Å². The quantitative estimate of drug-likeness (QED) is 0.710. The average Bonchev–Trinajstić information content (AvgIpc) is 3.08. The largest absolute Gasteiger partial charge is 0.316 e. The molecule has 2 rings (SSSR count). The lowest BCUT2D eigenvalue weighted by Gasteiger charge is -2.21. The van der Waals surface area contributed by atoms with Crippen LogP contribution in [0.1, 0.15) is 31.7 Å². The first kappa shape index (κ1) is 15.0. The fourth-order valence-electron chi connectivity index (χ4n) is 2.00. The lowest BCUT2D eigenvalue weighted by molar-refractivity contribution is 0.398. The second kappa shape index (κ2) is 6.83. The summed E-state index contributed by atoms with van der Waals surface area (Å²) in [5.74, 6) is 0.202. The third-order valence-corrected chi connectivity index (χ3v) is 5.79. The van der Waals surface area contributed by atoms with E-state index in [1.807, 2.05) is 16.8 Å². The Morgan fingerprint density at radius 1 is 1.42 bits per heavy atom. The molecule has 108 valence electrons. The van der Waals surface area contributed by atoms with E-state index in [1.54, 1.807) is 15.6 Å². The number of nitrogens with one attached hydrogen (secondary N) is 1. The van der Waals surface area contributed by atoms with Crippen LogP contribution in [-0.4, -0.2) is 37.6 Å². The summed E-state index contributed by atoms with van der Waals surface area (Å²) in [6.45, 7) is 4.03. The minimum absolute atomic E-state index is 0.202. The fourth-order valence-corrected chi connectivity index (χ4v) is 4.31. The van der Waals surface area contributed by atoms with Crippen LogP contribution in [0.15, 0.2) is 16.8 Å². The van der Waals surface area contributed by atoms with Gasteiger partial charge in [0.2, 0.25) is 10.0 Å². The smallest absolute Gasteiger partial charge is 0.215 e. The summed E-state index contributed by atoms with van der Waals surface area (Å²) in [6, 6.07) is 2.24. The lowest BCUT2D eigenvalue weighted by atomic mass is 10.3. The molecule has 1 aromatic heterocycles. The van der Waals surface area contributed by atoms with Gasteiger partial charge in [-0.2, -0.15) is 15.6 Å². The highest BCUT2D eigenvalue weighted by molar-refractivity contribution is 7.89. The summed E-state index contributed by atoms with van der Waals surface area (Å²) in [4.78, 5) is 0. The Labute approximate surface area is 119 Å². The summed E-state index contributed by atoms with van der Waals surface area (Å²) in [5, 5.41) is 7.18. The Bertz CT molecular complexity index is 467. The van der Waals surface area contributed by atoms with E-state index in [4.69, 9.17) is 0 Å². The van der Waals surface area contributed by atoms with E-state index in [2.05, 4.69) is 12.2 Å². The van der Waals surface area contributed by atoms with Crippen LogP contribution in [-0.2, 0) is 16.6 Å². The van der Waals surface area contributed by atoms with Crippen LogP contribution in [0.3, 0.4) is 0 Å². The van der Waals surface area contributed by atoms with E-state index in [1.165, 1.54) is 0 Å². The molecule has 0 aliphatic heterocycles. The molecule has 4 nitrogen and oxygen atoms in total. The van der Waals surface area contributed by atoms with Crippen molar-refractivity contribution in [3.63, 3.8) is 0 Å². The van der Waals surface area contributed by atoms with Gasteiger partial charge in [-0.3, -0.25) is 0 Å². The van der Waals surface area contributed by atoms with Gasteiger partial charge in [0.25, 0.3) is 0 Å². The molecule has 0 bridgehead atoms. The van der Waals surface area contributed by atoms with Gasteiger partial charge in [-0.05, 0) is 48.2 Å². The van der Waals surface area contributed by atoms with Crippen LogP contribution in [0.5, 0.6) is 0 Å². The number of sulfonamides is 1. The van der Waals surface area contributed by atoms with Crippen molar-refractivity contribution in [1.82, 2.24) is 9.62 Å². The third kappa shape index (κ3) is 4.56. The van der Waals surface area contributed by atoms with Crippen LogP contribution >= 0.6 is 11.3 Å². The molecule has 1 fully saturated rings. The van der Waals surface area contributed by atoms with Gasteiger partial charge in [0.1, 0.15) is 0 Å². The number of thiophene rings is 1. The molecule has 19 heavy (non-hydrogen) atoms. The molecule has 1 aromatic rings. The first-order valence-electron chi connectivity index (χ1n) is 6.85. The fraction of sp³-hybridized carbons (Fsp3) is 0.692. The highest BCUT2D eigenvalue weighted by Crippen LogP contribution is 2.31. The SMILES string of the molecule is CCCNCCS(=O)(=O)N(Cc1ccsc1)C1CC1. The molecule has 0 unspecified atom stereocenters. The van der Waals surface area contributed by atoms with E-state index in [9.17, 15) is 8.42 Å². The molecule has 1 saturated carbocycles. The predicted molar refractivity (Wildman–Crippen MR) is 79.8 cm³/mol. The molecule has 6 heteroatoms. The molecule has 1 N–H and O–H groups in total. The normalized spacial score (nSPS) is 16.1. The van der Waals surface area contributed by atoms with Crippen molar-refractivity contribution in [3.8, 4) is 0 Å². The van der Waals surface area contributed by atoms with Crippen molar-refractivity contribution in [3.05, 3.63) is 22.4 Å². The van der Waals surface area contributed by atoms with E-state index in [0.717, 1.165) is 31.4 Å². The Morgan fingerprint density at radius 2 is 2.21 bits per heavy atom. The molecule has 1 aliphatic carbocycles. The molecule has 0 aromatic carbocycles. The molecule has 0 radical (unpaired) electrons. The minimum atomic E-state index is -3.14. The van der Waals surface area contributed by atoms with Crippen LogP contribution in [0.25, 0.3) is 0 Å². The second-order valence-electron chi connectivity index (χ2n) is 4.97. The second-order valence-corrected chi connectivity index (χ2v) is 7.80. The van der Waals surface area contributed by atoms with Gasteiger partial charge in [0.15, 0.2) is 0 Å². The summed E-state index contributed by atoms with van der Waals surface area (Å²) in [7, 11) is -3.14. The number of rotatable bonds is 9. The topological polar surface area (TPSA) is 49.4 Å². The number of hydrogen-bond donors (Lipinski definition) is 1. The van der Waals surface area contributed by atoms with Crippen molar-refractivity contribution < 1.29 is 8.42 Å². The molecule has 1 heterocycles. The Kier molecular flexibility index (Phi) is 5.38. The Hall–Kier alpha value is -0.430. The maximum absolute atomic E-state index is 12.4. The van der Waals surface area contributed by atoms with E-state index >= 15 is 0 Å². The van der Waals surface area contributed by atoms with Crippen molar-refractivity contribution in [2.75, 3.05) is 18.8 Å². The number of nitrogens with zero attached hydrogens (tertiary/aromatic N) is 1. The first-order chi connectivity index (χ1) is 9.13. The maximum Gasteiger partial charge on any atom is 0.215 e. The predicted octanol–water partition coefficient (Wildman–Crippen LogP) is 2.04. The zero-order chi connectivity index (χ0) is 13.7. The number of hydrogen-bond acceptors (Lipinski definition) is 4. The Balaban J connectivity index is 1.93. The molecule has 0 saturated heterocycles. The van der Waals surface area contributed by atoms with E-state index in [-0.39, 0.29) is 11.8 Å². The van der Waals surface area contributed by atoms with Gasteiger partial charge in [-0.1, -0.05) is 6.92 Å². The summed E-state index contributed by atoms with van der Waals surface area (Å²) in [5.41, 5.74) is 1.10. The van der Waals surface area contributed by atoms with Crippen LogP contribution in [0.2, 0.25) is 0 Å². The monoisotopic (exact) mass is 302 g/mol. The van der Waals surface area contributed by atoms with Crippen LogP contribution in [0.4, 0.5) is 0 Å². The first-order valence-corrected chi connectivity index (χ1v) is 9.40. The van der Waals surface area contributed by atoms with Gasteiger partial charge in [-0.15, -0.1) is 0 Å². The molecule has 0 atom stereocenters. The average molecular weight is 302 g/mol. The third-order valence-electron chi connectivity index (χ3n) is 3.19. The highest BCUT2D eigenvalue weighted by atomic mass is 32.2. The molecule has 0 amide bonds. The Morgan fingerprint density at radius 3 is 2.79 bits per heavy atom. The molecular weight excluding hydrogens is 280 g/mol. The zero-order valence-electron chi connectivity index (χ0n) is 11.3. The summed E-state index contributed by atoms with van der Waals surface area (Å²) in [6.07, 6.45) is 3.04. The summed E-state index contributed by atoms with van der Waals surface area (Å²) >= 11 is 1.61. The molecule has 0 spiro atoms. The molecule has 1 aliphatic rings. The van der Waals surface area contributed by atoms with Gasteiger partial charge in [0, 0.05) is 19.1 Å². The molecular formula is C13H22N2O2S2. The standard InChI is InChI=1S/C13H22N2O2S2/c1-2-6-14-7-9-19(16,17)15(13-3-4-13)10-12-5-8-18-11-12/h5,8,11,13-14H,2-4,6-7,9-10H2,1H3. The van der Waals surface area contributed by atoms with E-state index < -0.39 is 10.0 Å². The lowest BCUT2D eigenvalue weighted by Crippen LogP contribution is -2.37. The summed E-state index contributed by atoms with van der Waals surface area (Å²) < 4.78 is 26.5. The van der Waals surface area contributed by atoms with E-state index in [0.29, 0.717) is 13.1 Å². The van der Waals surface area contributed by atoms with Crippen LogP contribution < -0.4 is 5.32 Å². The highest BCUT2D eigenvalue weighted by Gasteiger charge is 2.36. The van der Waals surface area contributed by atoms with Gasteiger partial charge in [0.05, 0.1) is 5.75 Å². The zero-order valence-corrected chi connectivity index (χ0v) is 13.0. The maximum atomic E-state index is 12.4. The van der Waals surface area contributed by atoms with Crippen molar-refractivity contribution in [1.29, 1.82) is 0 Å². The minimum Gasteiger partial charge on any atom is -0.316 e. The van der Waals surface area contributed by atoms with Gasteiger partial charge >= 0.3 is 0 Å².